The SMILES string of the molecule is CCCN(CCC)C(=O)N(C)C1COCC1C(=O)O. The highest BCUT2D eigenvalue weighted by molar-refractivity contribution is 5.77. The van der Waals surface area contributed by atoms with E-state index in [9.17, 15) is 9.59 Å². The Morgan fingerprint density at radius 2 is 1.79 bits per heavy atom. The number of hydrogen-bond donors (Lipinski definition) is 1. The van der Waals surface area contributed by atoms with E-state index < -0.39 is 11.9 Å². The maximum absolute atomic E-state index is 12.4. The average molecular weight is 272 g/mol. The van der Waals surface area contributed by atoms with Crippen molar-refractivity contribution in [1.29, 1.82) is 0 Å². The third kappa shape index (κ3) is 3.83. The quantitative estimate of drug-likeness (QED) is 0.790. The fraction of sp³-hybridized carbons (Fsp3) is 0.846. The standard InChI is InChI=1S/C13H24N2O4/c1-4-6-15(7-5-2)13(18)14(3)11-9-19-8-10(11)12(16)17/h10-11H,4-9H2,1-3H3,(H,16,17). The molecule has 0 saturated carbocycles. The van der Waals surface area contributed by atoms with Crippen LogP contribution in [0.2, 0.25) is 0 Å². The van der Waals surface area contributed by atoms with Crippen LogP contribution in [0.25, 0.3) is 0 Å². The molecule has 1 aliphatic heterocycles. The van der Waals surface area contributed by atoms with Gasteiger partial charge in [-0.1, -0.05) is 13.8 Å². The molecule has 1 fully saturated rings. The predicted octanol–water partition coefficient (Wildman–Crippen LogP) is 1.26. The summed E-state index contributed by atoms with van der Waals surface area (Å²) in [6, 6.07) is -0.480. The summed E-state index contributed by atoms with van der Waals surface area (Å²) in [4.78, 5) is 26.8. The number of ether oxygens (including phenoxy) is 1. The number of aliphatic carboxylic acids is 1. The minimum absolute atomic E-state index is 0.106. The maximum Gasteiger partial charge on any atom is 0.320 e. The molecule has 1 N–H and O–H groups in total. The van der Waals surface area contributed by atoms with Gasteiger partial charge in [0.2, 0.25) is 0 Å². The van der Waals surface area contributed by atoms with Crippen LogP contribution in [0, 0.1) is 5.92 Å². The van der Waals surface area contributed by atoms with E-state index in [0.717, 1.165) is 12.8 Å². The molecular formula is C13H24N2O4. The van der Waals surface area contributed by atoms with Gasteiger partial charge < -0.3 is 19.6 Å². The van der Waals surface area contributed by atoms with Gasteiger partial charge in [0.15, 0.2) is 0 Å². The summed E-state index contributed by atoms with van der Waals surface area (Å²) >= 11 is 0. The fourth-order valence-corrected chi connectivity index (χ4v) is 2.37. The lowest BCUT2D eigenvalue weighted by Crippen LogP contribution is -2.50. The van der Waals surface area contributed by atoms with Crippen molar-refractivity contribution in [3.63, 3.8) is 0 Å². The summed E-state index contributed by atoms with van der Waals surface area (Å²) in [5.41, 5.74) is 0. The van der Waals surface area contributed by atoms with Gasteiger partial charge in [-0.2, -0.15) is 0 Å². The van der Waals surface area contributed by atoms with Crippen molar-refractivity contribution < 1.29 is 19.4 Å². The Morgan fingerprint density at radius 3 is 2.26 bits per heavy atom. The summed E-state index contributed by atoms with van der Waals surface area (Å²) in [7, 11) is 1.66. The van der Waals surface area contributed by atoms with E-state index in [1.807, 2.05) is 13.8 Å². The molecule has 0 aromatic heterocycles. The highest BCUT2D eigenvalue weighted by Crippen LogP contribution is 2.20. The Labute approximate surface area is 114 Å². The van der Waals surface area contributed by atoms with Crippen LogP contribution in [-0.4, -0.2) is 66.3 Å². The summed E-state index contributed by atoms with van der Waals surface area (Å²) in [5.74, 6) is -1.53. The Balaban J connectivity index is 2.71. The van der Waals surface area contributed by atoms with Crippen molar-refractivity contribution in [1.82, 2.24) is 9.80 Å². The van der Waals surface area contributed by atoms with Gasteiger partial charge in [0.25, 0.3) is 0 Å². The lowest BCUT2D eigenvalue weighted by Gasteiger charge is -2.32. The number of carbonyl (C=O) groups is 2. The lowest BCUT2D eigenvalue weighted by atomic mass is 10.0. The zero-order valence-electron chi connectivity index (χ0n) is 12.0. The highest BCUT2D eigenvalue weighted by atomic mass is 16.5. The second-order valence-electron chi connectivity index (χ2n) is 4.93. The monoisotopic (exact) mass is 272 g/mol. The van der Waals surface area contributed by atoms with Gasteiger partial charge in [0, 0.05) is 20.1 Å². The first kappa shape index (κ1) is 15.8. The first-order valence-corrected chi connectivity index (χ1v) is 6.85. The zero-order valence-corrected chi connectivity index (χ0v) is 12.0. The van der Waals surface area contributed by atoms with E-state index in [4.69, 9.17) is 9.84 Å². The molecule has 1 rings (SSSR count). The number of nitrogens with zero attached hydrogens (tertiary/aromatic N) is 2. The Bertz CT molecular complexity index is 316. The van der Waals surface area contributed by atoms with E-state index in [1.165, 1.54) is 4.90 Å². The molecule has 6 heteroatoms. The molecule has 0 aromatic rings. The third-order valence-corrected chi connectivity index (χ3v) is 3.42. The highest BCUT2D eigenvalue weighted by Gasteiger charge is 2.39. The number of urea groups is 1. The van der Waals surface area contributed by atoms with Gasteiger partial charge in [0.1, 0.15) is 5.92 Å². The van der Waals surface area contributed by atoms with Crippen molar-refractivity contribution in [2.75, 3.05) is 33.4 Å². The molecule has 19 heavy (non-hydrogen) atoms. The summed E-state index contributed by atoms with van der Waals surface area (Å²) in [6.07, 6.45) is 1.78. The molecule has 0 bridgehead atoms. The summed E-state index contributed by atoms with van der Waals surface area (Å²) in [6.45, 7) is 5.92. The van der Waals surface area contributed by atoms with Crippen molar-refractivity contribution >= 4 is 12.0 Å². The Kier molecular flexibility index (Phi) is 6.08. The van der Waals surface area contributed by atoms with Crippen LogP contribution >= 0.6 is 0 Å². The van der Waals surface area contributed by atoms with Crippen molar-refractivity contribution in [3.8, 4) is 0 Å². The van der Waals surface area contributed by atoms with Crippen LogP contribution < -0.4 is 0 Å². The van der Waals surface area contributed by atoms with Crippen molar-refractivity contribution in [2.24, 2.45) is 5.92 Å². The molecule has 1 aliphatic rings. The van der Waals surface area contributed by atoms with Gasteiger partial charge in [-0.25, -0.2) is 4.79 Å². The first-order chi connectivity index (χ1) is 9.02. The number of carboxylic acid groups (broad SMARTS) is 1. The van der Waals surface area contributed by atoms with Gasteiger partial charge >= 0.3 is 12.0 Å². The number of amides is 2. The average Bonchev–Trinajstić information content (AvgIpc) is 2.86. The van der Waals surface area contributed by atoms with Crippen LogP contribution in [0.4, 0.5) is 4.79 Å². The molecule has 0 spiro atoms. The summed E-state index contributed by atoms with van der Waals surface area (Å²) in [5, 5.41) is 9.13. The molecule has 0 aliphatic carbocycles. The Morgan fingerprint density at radius 1 is 1.21 bits per heavy atom. The largest absolute Gasteiger partial charge is 0.481 e. The maximum atomic E-state index is 12.4. The molecule has 0 aromatic carbocycles. The zero-order chi connectivity index (χ0) is 14.4. The Hall–Kier alpha value is -1.30. The minimum Gasteiger partial charge on any atom is -0.481 e. The molecular weight excluding hydrogens is 248 g/mol. The number of carboxylic acids is 1. The third-order valence-electron chi connectivity index (χ3n) is 3.42. The summed E-state index contributed by atoms with van der Waals surface area (Å²) < 4.78 is 5.21. The van der Waals surface area contributed by atoms with Gasteiger partial charge in [-0.05, 0) is 12.8 Å². The normalized spacial score (nSPS) is 22.3. The second-order valence-corrected chi connectivity index (χ2v) is 4.93. The van der Waals surface area contributed by atoms with Gasteiger partial charge in [0.05, 0.1) is 19.3 Å². The number of rotatable bonds is 6. The van der Waals surface area contributed by atoms with E-state index in [2.05, 4.69) is 0 Å². The topological polar surface area (TPSA) is 70.1 Å². The van der Waals surface area contributed by atoms with E-state index in [1.54, 1.807) is 11.9 Å². The van der Waals surface area contributed by atoms with Crippen molar-refractivity contribution in [3.05, 3.63) is 0 Å². The van der Waals surface area contributed by atoms with Crippen LogP contribution in [0.1, 0.15) is 26.7 Å². The fourth-order valence-electron chi connectivity index (χ4n) is 2.37. The minimum atomic E-state index is -0.903. The molecule has 2 atom stereocenters. The van der Waals surface area contributed by atoms with Crippen LogP contribution in [0.5, 0.6) is 0 Å². The molecule has 1 saturated heterocycles. The second kappa shape index (κ2) is 7.33. The molecule has 0 radical (unpaired) electrons. The predicted molar refractivity (Wildman–Crippen MR) is 71.0 cm³/mol. The molecule has 6 nitrogen and oxygen atoms in total. The van der Waals surface area contributed by atoms with E-state index in [-0.39, 0.29) is 18.7 Å². The molecule has 110 valence electrons. The van der Waals surface area contributed by atoms with Gasteiger partial charge in [-0.15, -0.1) is 0 Å². The number of carbonyl (C=O) groups excluding carboxylic acids is 1. The smallest absolute Gasteiger partial charge is 0.320 e. The first-order valence-electron chi connectivity index (χ1n) is 6.85. The number of hydrogen-bond acceptors (Lipinski definition) is 3. The van der Waals surface area contributed by atoms with Crippen LogP contribution in [0.15, 0.2) is 0 Å². The molecule has 1 heterocycles. The van der Waals surface area contributed by atoms with Gasteiger partial charge in [-0.3, -0.25) is 4.79 Å². The van der Waals surface area contributed by atoms with Crippen molar-refractivity contribution in [2.45, 2.75) is 32.7 Å². The lowest BCUT2D eigenvalue weighted by molar-refractivity contribution is -0.142. The molecule has 2 unspecified atom stereocenters. The van der Waals surface area contributed by atoms with E-state index in [0.29, 0.717) is 19.7 Å². The molecule has 2 amide bonds. The number of likely N-dealkylation sites (N-methyl/N-ethyl adjacent to an activating group) is 1. The van der Waals surface area contributed by atoms with Crippen LogP contribution in [-0.2, 0) is 9.53 Å². The van der Waals surface area contributed by atoms with Crippen LogP contribution in [0.3, 0.4) is 0 Å². The van der Waals surface area contributed by atoms with E-state index >= 15 is 0 Å².